The maximum absolute atomic E-state index is 12.2. The average molecular weight is 329 g/mol. The first-order valence-electron chi connectivity index (χ1n) is 7.22. The molecule has 9 heteroatoms. The van der Waals surface area contributed by atoms with Crippen molar-refractivity contribution in [3.05, 3.63) is 12.4 Å². The maximum atomic E-state index is 12.2. The Morgan fingerprint density at radius 2 is 2.00 bits per heavy atom. The minimum Gasteiger partial charge on any atom is -0.475 e. The molecule has 1 aromatic heterocycles. The first kappa shape index (κ1) is 16.9. The molecular weight excluding hydrogens is 306 g/mol. The minimum atomic E-state index is -3.41. The Labute approximate surface area is 131 Å². The molecule has 8 nitrogen and oxygen atoms in total. The topological polar surface area (TPSA) is 78.9 Å². The first-order valence-corrected chi connectivity index (χ1v) is 8.61. The summed E-state index contributed by atoms with van der Waals surface area (Å²) in [4.78, 5) is 10.5. The molecule has 0 N–H and O–H groups in total. The van der Waals surface area contributed by atoms with Gasteiger partial charge < -0.3 is 9.64 Å². The molecule has 1 unspecified atom stereocenters. The van der Waals surface area contributed by atoms with Crippen molar-refractivity contribution in [3.63, 3.8) is 0 Å². The van der Waals surface area contributed by atoms with E-state index in [-0.39, 0.29) is 6.04 Å². The predicted molar refractivity (Wildman–Crippen MR) is 84.2 cm³/mol. The van der Waals surface area contributed by atoms with E-state index in [1.165, 1.54) is 22.7 Å². The molecule has 2 heterocycles. The summed E-state index contributed by atoms with van der Waals surface area (Å²) in [6.07, 6.45) is 3.95. The second-order valence-corrected chi connectivity index (χ2v) is 7.51. The molecule has 2 rings (SSSR count). The van der Waals surface area contributed by atoms with Crippen molar-refractivity contribution in [1.29, 1.82) is 0 Å². The van der Waals surface area contributed by atoms with Gasteiger partial charge in [-0.15, -0.1) is 0 Å². The highest BCUT2D eigenvalue weighted by Crippen LogP contribution is 2.28. The van der Waals surface area contributed by atoms with Crippen LogP contribution in [-0.2, 0) is 10.2 Å². The summed E-state index contributed by atoms with van der Waals surface area (Å²) < 4.78 is 32.6. The molecular formula is C13H23N5O3S. The van der Waals surface area contributed by atoms with Gasteiger partial charge in [0, 0.05) is 52.7 Å². The molecule has 1 fully saturated rings. The van der Waals surface area contributed by atoms with Gasteiger partial charge in [-0.1, -0.05) is 0 Å². The van der Waals surface area contributed by atoms with Gasteiger partial charge in [0.2, 0.25) is 0 Å². The highest BCUT2D eigenvalue weighted by Gasteiger charge is 2.34. The number of nitrogens with zero attached hydrogens (tertiary/aromatic N) is 5. The summed E-state index contributed by atoms with van der Waals surface area (Å²) >= 11 is 0. The molecule has 0 saturated carbocycles. The summed E-state index contributed by atoms with van der Waals surface area (Å²) in [6.45, 7) is 3.69. The molecule has 0 aliphatic carbocycles. The second kappa shape index (κ2) is 6.76. The molecule has 0 spiro atoms. The maximum Gasteiger partial charge on any atom is 0.281 e. The minimum absolute atomic E-state index is 0.0936. The molecule has 1 aliphatic heterocycles. The summed E-state index contributed by atoms with van der Waals surface area (Å²) in [5.41, 5.74) is 0. The number of aromatic nitrogens is 2. The third-order valence-electron chi connectivity index (χ3n) is 3.73. The number of ether oxygens (including phenoxy) is 1. The van der Waals surface area contributed by atoms with Gasteiger partial charge in [0.15, 0.2) is 5.82 Å². The number of hydrogen-bond donors (Lipinski definition) is 0. The zero-order valence-electron chi connectivity index (χ0n) is 13.4. The first-order chi connectivity index (χ1) is 10.4. The van der Waals surface area contributed by atoms with Crippen LogP contribution in [0.2, 0.25) is 0 Å². The molecule has 0 amide bonds. The van der Waals surface area contributed by atoms with Gasteiger partial charge in [-0.25, -0.2) is 9.97 Å². The van der Waals surface area contributed by atoms with E-state index < -0.39 is 10.2 Å². The Balaban J connectivity index is 2.14. The lowest BCUT2D eigenvalue weighted by Gasteiger charge is -2.27. The fourth-order valence-electron chi connectivity index (χ4n) is 2.45. The van der Waals surface area contributed by atoms with Gasteiger partial charge in [-0.05, 0) is 13.3 Å². The van der Waals surface area contributed by atoms with E-state index in [1.54, 1.807) is 19.4 Å². The zero-order valence-corrected chi connectivity index (χ0v) is 14.2. The quantitative estimate of drug-likeness (QED) is 0.741. The SMILES string of the molecule is CCOc1nccnc1N1CCC(N(C)S(=O)(=O)N(C)C)C1. The highest BCUT2D eigenvalue weighted by atomic mass is 32.2. The van der Waals surface area contributed by atoms with Crippen LogP contribution in [0.1, 0.15) is 13.3 Å². The van der Waals surface area contributed by atoms with Gasteiger partial charge >= 0.3 is 0 Å². The van der Waals surface area contributed by atoms with Gasteiger partial charge in [-0.3, -0.25) is 0 Å². The fourth-order valence-corrected chi connectivity index (χ4v) is 3.51. The Kier molecular flexibility index (Phi) is 5.20. The Hall–Kier alpha value is -1.45. The molecule has 22 heavy (non-hydrogen) atoms. The van der Waals surface area contributed by atoms with Crippen LogP contribution in [-0.4, -0.2) is 73.9 Å². The molecule has 1 aliphatic rings. The summed E-state index contributed by atoms with van der Waals surface area (Å²) in [6, 6.07) is -0.0936. The third-order valence-corrected chi connectivity index (χ3v) is 5.68. The monoisotopic (exact) mass is 329 g/mol. The van der Waals surface area contributed by atoms with Crippen molar-refractivity contribution in [2.24, 2.45) is 0 Å². The van der Waals surface area contributed by atoms with Gasteiger partial charge in [0.05, 0.1) is 6.61 Å². The summed E-state index contributed by atoms with van der Waals surface area (Å²) in [5, 5.41) is 0. The Bertz CT molecular complexity index is 607. The second-order valence-electron chi connectivity index (χ2n) is 5.31. The van der Waals surface area contributed by atoms with E-state index >= 15 is 0 Å². The Morgan fingerprint density at radius 3 is 2.64 bits per heavy atom. The number of anilines is 1. The van der Waals surface area contributed by atoms with E-state index in [0.717, 1.165) is 13.0 Å². The van der Waals surface area contributed by atoms with Crippen molar-refractivity contribution in [2.45, 2.75) is 19.4 Å². The van der Waals surface area contributed by atoms with Crippen molar-refractivity contribution in [2.75, 3.05) is 45.7 Å². The van der Waals surface area contributed by atoms with Crippen LogP contribution in [0.3, 0.4) is 0 Å². The van der Waals surface area contributed by atoms with Crippen molar-refractivity contribution < 1.29 is 13.2 Å². The van der Waals surface area contributed by atoms with Crippen molar-refractivity contribution >= 4 is 16.0 Å². The average Bonchev–Trinajstić information content (AvgIpc) is 2.96. The van der Waals surface area contributed by atoms with Crippen LogP contribution >= 0.6 is 0 Å². The molecule has 1 saturated heterocycles. The number of rotatable bonds is 6. The summed E-state index contributed by atoms with van der Waals surface area (Å²) in [5.74, 6) is 1.16. The molecule has 1 atom stereocenters. The van der Waals surface area contributed by atoms with Crippen LogP contribution in [0, 0.1) is 0 Å². The number of likely N-dealkylation sites (N-methyl/N-ethyl adjacent to an activating group) is 1. The number of hydrogen-bond acceptors (Lipinski definition) is 6. The fraction of sp³-hybridized carbons (Fsp3) is 0.692. The lowest BCUT2D eigenvalue weighted by molar-refractivity contribution is 0.325. The molecule has 0 aromatic carbocycles. The van der Waals surface area contributed by atoms with Crippen LogP contribution in [0.15, 0.2) is 12.4 Å². The normalized spacial score (nSPS) is 19.2. The van der Waals surface area contributed by atoms with Crippen LogP contribution in [0.5, 0.6) is 5.88 Å². The Morgan fingerprint density at radius 1 is 1.32 bits per heavy atom. The van der Waals surface area contributed by atoms with Crippen molar-refractivity contribution in [1.82, 2.24) is 18.6 Å². The van der Waals surface area contributed by atoms with E-state index in [1.807, 2.05) is 11.8 Å². The zero-order chi connectivity index (χ0) is 16.3. The third kappa shape index (κ3) is 3.31. The largest absolute Gasteiger partial charge is 0.475 e. The van der Waals surface area contributed by atoms with Crippen LogP contribution in [0.4, 0.5) is 5.82 Å². The predicted octanol–water partition coefficient (Wildman–Crippen LogP) is 0.192. The summed E-state index contributed by atoms with van der Waals surface area (Å²) in [7, 11) is 1.27. The van der Waals surface area contributed by atoms with Gasteiger partial charge in [-0.2, -0.15) is 17.0 Å². The molecule has 1 aromatic rings. The van der Waals surface area contributed by atoms with E-state index in [4.69, 9.17) is 4.74 Å². The van der Waals surface area contributed by atoms with Crippen LogP contribution < -0.4 is 9.64 Å². The molecule has 124 valence electrons. The van der Waals surface area contributed by atoms with Gasteiger partial charge in [0.1, 0.15) is 0 Å². The lowest BCUT2D eigenvalue weighted by Crippen LogP contribution is -2.44. The molecule has 0 bridgehead atoms. The smallest absolute Gasteiger partial charge is 0.281 e. The van der Waals surface area contributed by atoms with E-state index in [0.29, 0.717) is 24.8 Å². The molecule has 0 radical (unpaired) electrons. The van der Waals surface area contributed by atoms with Gasteiger partial charge in [0.25, 0.3) is 16.1 Å². The van der Waals surface area contributed by atoms with Crippen LogP contribution in [0.25, 0.3) is 0 Å². The van der Waals surface area contributed by atoms with E-state index in [2.05, 4.69) is 9.97 Å². The van der Waals surface area contributed by atoms with Crippen molar-refractivity contribution in [3.8, 4) is 5.88 Å². The standard InChI is InChI=1S/C13H23N5O3S/c1-5-21-13-12(14-7-8-15-13)18-9-6-11(10-18)17(4)22(19,20)16(2)3/h7-8,11H,5-6,9-10H2,1-4H3. The lowest BCUT2D eigenvalue weighted by atomic mass is 10.3. The van der Waals surface area contributed by atoms with E-state index in [9.17, 15) is 8.42 Å². The highest BCUT2D eigenvalue weighted by molar-refractivity contribution is 7.86.